The second-order valence-corrected chi connectivity index (χ2v) is 10.5. The lowest BCUT2D eigenvalue weighted by Crippen LogP contribution is -2.68. The first-order valence-corrected chi connectivity index (χ1v) is 12.5. The van der Waals surface area contributed by atoms with Gasteiger partial charge < -0.3 is 14.7 Å². The minimum Gasteiger partial charge on any atom is -0.502 e. The highest BCUT2D eigenvalue weighted by molar-refractivity contribution is 7.98. The molecule has 1 amide bonds. The van der Waals surface area contributed by atoms with Crippen molar-refractivity contribution in [1.82, 2.24) is 9.58 Å². The summed E-state index contributed by atoms with van der Waals surface area (Å²) in [6, 6.07) is 17.8. The van der Waals surface area contributed by atoms with Crippen LogP contribution in [0.1, 0.15) is 46.1 Å². The molecule has 4 heterocycles. The van der Waals surface area contributed by atoms with Crippen LogP contribution in [-0.4, -0.2) is 45.5 Å². The van der Waals surface area contributed by atoms with E-state index in [1.165, 1.54) is 16.5 Å². The Kier molecular flexibility index (Phi) is 4.23. The molecule has 0 bridgehead atoms. The highest BCUT2D eigenvalue weighted by Gasteiger charge is 2.55. The van der Waals surface area contributed by atoms with Gasteiger partial charge in [-0.25, -0.2) is 0 Å². The second kappa shape index (κ2) is 7.13. The maximum absolute atomic E-state index is 13.6. The molecule has 4 aliphatic rings. The standard InChI is InChI=1S/C26H23N3O4S/c30-19-9-12-28-23(24(19)31)25(32)27-15-26(10-11-26)33-13-21(27)29(28)22-17-6-2-1-5-16(17)14-34-20-8-4-3-7-18(20)22/h1-9,12,21-22,31H,10-11,13-15H2/t21-,22+/m1/s1. The molecule has 1 N–H and O–H groups in total. The third-order valence-electron chi connectivity index (χ3n) is 7.45. The van der Waals surface area contributed by atoms with Crippen LogP contribution in [0.3, 0.4) is 0 Å². The fourth-order valence-electron chi connectivity index (χ4n) is 5.53. The number of aromatic hydroxyl groups is 1. The molecule has 7 rings (SSSR count). The molecule has 0 unspecified atom stereocenters. The van der Waals surface area contributed by atoms with Crippen LogP contribution in [0.4, 0.5) is 0 Å². The summed E-state index contributed by atoms with van der Waals surface area (Å²) >= 11 is 1.80. The molecule has 34 heavy (non-hydrogen) atoms. The lowest BCUT2D eigenvalue weighted by Gasteiger charge is -2.53. The zero-order valence-corrected chi connectivity index (χ0v) is 19.2. The Morgan fingerprint density at radius 3 is 2.59 bits per heavy atom. The fourth-order valence-corrected chi connectivity index (χ4v) is 6.63. The van der Waals surface area contributed by atoms with Crippen molar-refractivity contribution in [3.8, 4) is 5.75 Å². The third kappa shape index (κ3) is 2.82. The lowest BCUT2D eigenvalue weighted by molar-refractivity contribution is -0.0790. The van der Waals surface area contributed by atoms with E-state index in [0.29, 0.717) is 13.2 Å². The second-order valence-electron chi connectivity index (χ2n) is 9.44. The number of carbonyl (C=O) groups is 1. The van der Waals surface area contributed by atoms with Gasteiger partial charge in [0.15, 0.2) is 11.4 Å². The number of ether oxygens (including phenoxy) is 1. The number of morpholine rings is 1. The van der Waals surface area contributed by atoms with Crippen LogP contribution in [0.25, 0.3) is 0 Å². The number of amides is 1. The number of thioether (sulfide) groups is 1. The first-order chi connectivity index (χ1) is 16.6. The van der Waals surface area contributed by atoms with Crippen LogP contribution in [-0.2, 0) is 10.5 Å². The van der Waals surface area contributed by atoms with E-state index in [1.807, 2.05) is 18.2 Å². The Labute approximate surface area is 200 Å². The van der Waals surface area contributed by atoms with Gasteiger partial charge in [-0.2, -0.15) is 0 Å². The molecule has 0 radical (unpaired) electrons. The SMILES string of the molecule is O=C1c2c(O)c(=O)ccn2N([C@H]2c3ccccc3CSc3ccccc32)[C@@H]2COC3(CC3)CN12. The van der Waals surface area contributed by atoms with E-state index in [-0.39, 0.29) is 29.4 Å². The van der Waals surface area contributed by atoms with Crippen molar-refractivity contribution in [3.63, 3.8) is 0 Å². The Bertz CT molecular complexity index is 1350. The van der Waals surface area contributed by atoms with E-state index in [9.17, 15) is 14.7 Å². The summed E-state index contributed by atoms with van der Waals surface area (Å²) in [5.74, 6) is 0.0136. The molecule has 1 spiro atoms. The van der Waals surface area contributed by atoms with Crippen molar-refractivity contribution in [2.45, 2.75) is 41.3 Å². The van der Waals surface area contributed by atoms with Crippen LogP contribution in [0, 0.1) is 0 Å². The quantitative estimate of drug-likeness (QED) is 0.585. The van der Waals surface area contributed by atoms with Crippen molar-refractivity contribution in [2.24, 2.45) is 0 Å². The van der Waals surface area contributed by atoms with Gasteiger partial charge in [0, 0.05) is 22.9 Å². The monoisotopic (exact) mass is 473 g/mol. The zero-order valence-electron chi connectivity index (χ0n) is 18.4. The van der Waals surface area contributed by atoms with Crippen LogP contribution < -0.4 is 10.4 Å². The summed E-state index contributed by atoms with van der Waals surface area (Å²) in [7, 11) is 0. The molecule has 1 saturated carbocycles. The van der Waals surface area contributed by atoms with Gasteiger partial charge in [0.05, 0.1) is 24.8 Å². The molecule has 1 aliphatic carbocycles. The zero-order chi connectivity index (χ0) is 23.0. The van der Waals surface area contributed by atoms with E-state index in [4.69, 9.17) is 4.74 Å². The summed E-state index contributed by atoms with van der Waals surface area (Å²) in [5.41, 5.74) is 2.67. The van der Waals surface area contributed by atoms with Gasteiger partial charge in [-0.1, -0.05) is 42.5 Å². The minimum atomic E-state index is -0.551. The molecule has 3 aromatic rings. The van der Waals surface area contributed by atoms with Crippen LogP contribution in [0.5, 0.6) is 5.75 Å². The van der Waals surface area contributed by atoms with Gasteiger partial charge in [0.2, 0.25) is 5.43 Å². The van der Waals surface area contributed by atoms with E-state index in [1.54, 1.807) is 27.5 Å². The minimum absolute atomic E-state index is 0.0216. The Morgan fingerprint density at radius 1 is 1.00 bits per heavy atom. The Balaban J connectivity index is 1.50. The lowest BCUT2D eigenvalue weighted by atomic mass is 9.93. The van der Waals surface area contributed by atoms with Crippen LogP contribution >= 0.6 is 11.8 Å². The first kappa shape index (κ1) is 20.2. The molecule has 2 fully saturated rings. The van der Waals surface area contributed by atoms with Gasteiger partial charge in [0.25, 0.3) is 5.91 Å². The molecule has 1 aromatic heterocycles. The molecule has 8 heteroatoms. The van der Waals surface area contributed by atoms with Gasteiger partial charge >= 0.3 is 0 Å². The Morgan fingerprint density at radius 2 is 1.76 bits per heavy atom. The molecular weight excluding hydrogens is 450 g/mol. The van der Waals surface area contributed by atoms with E-state index < -0.39 is 11.2 Å². The summed E-state index contributed by atoms with van der Waals surface area (Å²) in [6.07, 6.45) is 3.07. The summed E-state index contributed by atoms with van der Waals surface area (Å²) < 4.78 is 8.00. The maximum Gasteiger partial charge on any atom is 0.278 e. The number of pyridine rings is 1. The molecule has 2 aromatic carbocycles. The number of fused-ring (bicyclic) bond motifs is 4. The number of carbonyl (C=O) groups excluding carboxylic acids is 1. The first-order valence-electron chi connectivity index (χ1n) is 11.5. The number of benzene rings is 2. The maximum atomic E-state index is 13.6. The van der Waals surface area contributed by atoms with Crippen molar-refractivity contribution in [1.29, 1.82) is 0 Å². The van der Waals surface area contributed by atoms with E-state index >= 15 is 0 Å². The molecule has 2 atom stereocenters. The molecular formula is C26H23N3O4S. The average molecular weight is 474 g/mol. The van der Waals surface area contributed by atoms with Crippen LogP contribution in [0.15, 0.2) is 70.5 Å². The van der Waals surface area contributed by atoms with Crippen molar-refractivity contribution < 1.29 is 14.6 Å². The fraction of sp³-hybridized carbons (Fsp3) is 0.308. The number of hydrogen-bond donors (Lipinski definition) is 1. The predicted molar refractivity (Wildman–Crippen MR) is 128 cm³/mol. The summed E-state index contributed by atoms with van der Waals surface area (Å²) in [4.78, 5) is 29.0. The Hall–Kier alpha value is -3.23. The highest BCUT2D eigenvalue weighted by atomic mass is 32.2. The number of hydrogen-bond acceptors (Lipinski definition) is 6. The van der Waals surface area contributed by atoms with Gasteiger partial charge in [0.1, 0.15) is 6.17 Å². The van der Waals surface area contributed by atoms with Gasteiger partial charge in [-0.05, 0) is 35.6 Å². The predicted octanol–water partition coefficient (Wildman–Crippen LogP) is 3.23. The normalized spacial score (nSPS) is 24.1. The molecule has 172 valence electrons. The summed E-state index contributed by atoms with van der Waals surface area (Å²) in [6.45, 7) is 0.826. The number of aromatic nitrogens is 1. The van der Waals surface area contributed by atoms with E-state index in [2.05, 4.69) is 35.3 Å². The summed E-state index contributed by atoms with van der Waals surface area (Å²) in [5, 5.41) is 12.9. The topological polar surface area (TPSA) is 75.0 Å². The van der Waals surface area contributed by atoms with Crippen molar-refractivity contribution in [2.75, 3.05) is 18.2 Å². The number of nitrogens with zero attached hydrogens (tertiary/aromatic N) is 3. The highest BCUT2D eigenvalue weighted by Crippen LogP contribution is 2.48. The van der Waals surface area contributed by atoms with Crippen molar-refractivity contribution in [3.05, 3.63) is 93.4 Å². The molecule has 3 aliphatic heterocycles. The smallest absolute Gasteiger partial charge is 0.278 e. The third-order valence-corrected chi connectivity index (χ3v) is 8.59. The van der Waals surface area contributed by atoms with Crippen LogP contribution in [0.2, 0.25) is 0 Å². The largest absolute Gasteiger partial charge is 0.502 e. The van der Waals surface area contributed by atoms with Crippen molar-refractivity contribution >= 4 is 17.7 Å². The molecule has 7 nitrogen and oxygen atoms in total. The van der Waals surface area contributed by atoms with Gasteiger partial charge in [-0.3, -0.25) is 19.3 Å². The molecule has 1 saturated heterocycles. The average Bonchev–Trinajstić information content (AvgIpc) is 3.64. The number of rotatable bonds is 1. The van der Waals surface area contributed by atoms with E-state index in [0.717, 1.165) is 29.7 Å². The van der Waals surface area contributed by atoms with Gasteiger partial charge in [-0.15, -0.1) is 11.8 Å².